The summed E-state index contributed by atoms with van der Waals surface area (Å²) >= 11 is 5.81. The van der Waals surface area contributed by atoms with Gasteiger partial charge >= 0.3 is 0 Å². The van der Waals surface area contributed by atoms with Crippen molar-refractivity contribution in [1.29, 1.82) is 0 Å². The van der Waals surface area contributed by atoms with E-state index in [1.165, 1.54) is 12.5 Å². The summed E-state index contributed by atoms with van der Waals surface area (Å²) in [6.07, 6.45) is 4.38. The van der Waals surface area contributed by atoms with E-state index in [4.69, 9.17) is 11.6 Å². The molecule has 1 aliphatic rings. The summed E-state index contributed by atoms with van der Waals surface area (Å²) in [4.78, 5) is 10.7. The van der Waals surface area contributed by atoms with E-state index < -0.39 is 0 Å². The Hall–Kier alpha value is -1.13. The van der Waals surface area contributed by atoms with E-state index in [1.807, 2.05) is 0 Å². The molecule has 92 valence electrons. The monoisotopic (exact) mass is 254 g/mol. The molecule has 0 bridgehead atoms. The van der Waals surface area contributed by atoms with Gasteiger partial charge in [-0.2, -0.15) is 0 Å². The zero-order valence-electron chi connectivity index (χ0n) is 9.49. The number of hydrogen-bond acceptors (Lipinski definition) is 3. The number of benzene rings is 1. The van der Waals surface area contributed by atoms with Gasteiger partial charge in [0.25, 0.3) is 5.69 Å². The lowest BCUT2D eigenvalue weighted by Gasteiger charge is -2.16. The molecule has 1 aliphatic heterocycles. The molecule has 0 spiro atoms. The molecule has 2 rings (SSSR count). The molecule has 5 heteroatoms. The van der Waals surface area contributed by atoms with E-state index >= 15 is 0 Å². The third-order valence-corrected chi connectivity index (χ3v) is 3.36. The Balaban J connectivity index is 2.32. The minimum absolute atomic E-state index is 0.0789. The van der Waals surface area contributed by atoms with Crippen LogP contribution in [0.25, 0.3) is 0 Å². The smallest absolute Gasteiger partial charge is 0.275 e. The number of halogens is 1. The second kappa shape index (κ2) is 5.47. The third-order valence-electron chi connectivity index (χ3n) is 3.12. The molecule has 1 aromatic carbocycles. The fourth-order valence-corrected chi connectivity index (χ4v) is 2.43. The van der Waals surface area contributed by atoms with Crippen LogP contribution < -0.4 is 5.32 Å². The first-order valence-corrected chi connectivity index (χ1v) is 6.23. The number of nitro groups is 1. The molecule has 1 heterocycles. The lowest BCUT2D eigenvalue weighted by Crippen LogP contribution is -2.21. The molecule has 0 saturated carbocycles. The van der Waals surface area contributed by atoms with Crippen molar-refractivity contribution in [1.82, 2.24) is 5.32 Å². The van der Waals surface area contributed by atoms with Gasteiger partial charge < -0.3 is 5.32 Å². The molecule has 1 saturated heterocycles. The minimum atomic E-state index is -0.353. The average molecular weight is 255 g/mol. The largest absolute Gasteiger partial charge is 0.310 e. The van der Waals surface area contributed by atoms with Crippen LogP contribution in [-0.2, 0) is 0 Å². The van der Waals surface area contributed by atoms with E-state index in [1.54, 1.807) is 12.1 Å². The highest BCUT2D eigenvalue weighted by Crippen LogP contribution is 2.32. The fourth-order valence-electron chi connectivity index (χ4n) is 2.26. The van der Waals surface area contributed by atoms with Gasteiger partial charge in [0, 0.05) is 22.7 Å². The first-order valence-electron chi connectivity index (χ1n) is 5.85. The van der Waals surface area contributed by atoms with Crippen LogP contribution in [0.2, 0.25) is 5.02 Å². The van der Waals surface area contributed by atoms with Gasteiger partial charge in [-0.3, -0.25) is 10.1 Å². The highest BCUT2D eigenvalue weighted by atomic mass is 35.5. The van der Waals surface area contributed by atoms with Gasteiger partial charge in [0.15, 0.2) is 0 Å². The van der Waals surface area contributed by atoms with Crippen LogP contribution in [0.15, 0.2) is 18.2 Å². The van der Waals surface area contributed by atoms with Crippen molar-refractivity contribution in [2.24, 2.45) is 0 Å². The maximum absolute atomic E-state index is 11.0. The summed E-state index contributed by atoms with van der Waals surface area (Å²) in [6.45, 7) is 0.921. The van der Waals surface area contributed by atoms with Crippen LogP contribution in [-0.4, -0.2) is 11.5 Å². The molecule has 0 aliphatic carbocycles. The van der Waals surface area contributed by atoms with Crippen molar-refractivity contribution >= 4 is 17.3 Å². The zero-order chi connectivity index (χ0) is 12.3. The highest BCUT2D eigenvalue weighted by molar-refractivity contribution is 6.30. The highest BCUT2D eigenvalue weighted by Gasteiger charge is 2.22. The lowest BCUT2D eigenvalue weighted by molar-refractivity contribution is -0.385. The summed E-state index contributed by atoms with van der Waals surface area (Å²) in [7, 11) is 0. The normalized spacial score (nSPS) is 20.9. The number of nitrogens with one attached hydrogen (secondary N) is 1. The van der Waals surface area contributed by atoms with Crippen molar-refractivity contribution in [2.75, 3.05) is 6.54 Å². The van der Waals surface area contributed by atoms with Crippen molar-refractivity contribution < 1.29 is 4.92 Å². The maximum Gasteiger partial charge on any atom is 0.275 e. The van der Waals surface area contributed by atoms with Gasteiger partial charge in [-0.25, -0.2) is 0 Å². The number of rotatable bonds is 2. The van der Waals surface area contributed by atoms with E-state index in [0.717, 1.165) is 31.4 Å². The predicted octanol–water partition coefficient (Wildman–Crippen LogP) is 3.45. The summed E-state index contributed by atoms with van der Waals surface area (Å²) in [5, 5.41) is 14.8. The van der Waals surface area contributed by atoms with Gasteiger partial charge in [-0.05, 0) is 31.5 Å². The molecular weight excluding hydrogens is 240 g/mol. The first-order chi connectivity index (χ1) is 8.18. The van der Waals surface area contributed by atoms with Gasteiger partial charge in [0.2, 0.25) is 0 Å². The molecule has 17 heavy (non-hydrogen) atoms. The van der Waals surface area contributed by atoms with Crippen LogP contribution in [0.3, 0.4) is 0 Å². The van der Waals surface area contributed by atoms with Crippen molar-refractivity contribution in [3.63, 3.8) is 0 Å². The van der Waals surface area contributed by atoms with Gasteiger partial charge in [-0.15, -0.1) is 0 Å². The minimum Gasteiger partial charge on any atom is -0.310 e. The summed E-state index contributed by atoms with van der Waals surface area (Å²) in [5.41, 5.74) is 0.873. The standard InChI is InChI=1S/C12H15ClN2O2/c13-9-5-6-10(12(8-9)15(16)17)11-4-2-1-3-7-14-11/h5-6,8,11,14H,1-4,7H2. The summed E-state index contributed by atoms with van der Waals surface area (Å²) in [5.74, 6) is 0. The van der Waals surface area contributed by atoms with Crippen LogP contribution >= 0.6 is 11.6 Å². The Morgan fingerprint density at radius 2 is 2.18 bits per heavy atom. The molecule has 0 amide bonds. The maximum atomic E-state index is 11.0. The van der Waals surface area contributed by atoms with E-state index in [2.05, 4.69) is 5.32 Å². The molecule has 1 fully saturated rings. The van der Waals surface area contributed by atoms with Crippen molar-refractivity contribution in [3.8, 4) is 0 Å². The quantitative estimate of drug-likeness (QED) is 0.650. The van der Waals surface area contributed by atoms with Gasteiger partial charge in [-0.1, -0.05) is 24.4 Å². The van der Waals surface area contributed by atoms with Crippen LogP contribution in [0.4, 0.5) is 5.69 Å². The van der Waals surface area contributed by atoms with E-state index in [9.17, 15) is 10.1 Å². The molecule has 1 aromatic rings. The number of nitrogens with zero attached hydrogens (tertiary/aromatic N) is 1. The Labute approximate surface area is 105 Å². The second-order valence-corrected chi connectivity index (χ2v) is 4.75. The van der Waals surface area contributed by atoms with Crippen LogP contribution in [0.5, 0.6) is 0 Å². The van der Waals surface area contributed by atoms with Gasteiger partial charge in [0.05, 0.1) is 4.92 Å². The third kappa shape index (κ3) is 2.96. The number of hydrogen-bond donors (Lipinski definition) is 1. The van der Waals surface area contributed by atoms with E-state index in [-0.39, 0.29) is 16.7 Å². The Kier molecular flexibility index (Phi) is 3.97. The van der Waals surface area contributed by atoms with Crippen molar-refractivity contribution in [3.05, 3.63) is 38.9 Å². The van der Waals surface area contributed by atoms with E-state index in [0.29, 0.717) is 5.02 Å². The second-order valence-electron chi connectivity index (χ2n) is 4.32. The van der Waals surface area contributed by atoms with Crippen molar-refractivity contribution in [2.45, 2.75) is 31.7 Å². The molecular formula is C12H15ClN2O2. The Morgan fingerprint density at radius 3 is 2.94 bits per heavy atom. The Morgan fingerprint density at radius 1 is 1.35 bits per heavy atom. The zero-order valence-corrected chi connectivity index (χ0v) is 10.2. The van der Waals surface area contributed by atoms with Crippen LogP contribution in [0, 0.1) is 10.1 Å². The summed E-state index contributed by atoms with van der Waals surface area (Å²) in [6, 6.07) is 5.00. The molecule has 0 radical (unpaired) electrons. The number of nitro benzene ring substituents is 1. The lowest BCUT2D eigenvalue weighted by atomic mass is 10.0. The molecule has 1 atom stereocenters. The fraction of sp³-hybridized carbons (Fsp3) is 0.500. The summed E-state index contributed by atoms with van der Waals surface area (Å²) < 4.78 is 0. The van der Waals surface area contributed by atoms with Gasteiger partial charge in [0.1, 0.15) is 0 Å². The SMILES string of the molecule is O=[N+]([O-])c1cc(Cl)ccc1C1CCCCCN1. The molecule has 4 nitrogen and oxygen atoms in total. The molecule has 0 aromatic heterocycles. The molecule has 1 unspecified atom stereocenters. The van der Waals surface area contributed by atoms with Crippen LogP contribution in [0.1, 0.15) is 37.3 Å². The Bertz CT molecular complexity index is 415. The molecule has 1 N–H and O–H groups in total. The predicted molar refractivity (Wildman–Crippen MR) is 67.3 cm³/mol. The first kappa shape index (κ1) is 12.3. The topological polar surface area (TPSA) is 55.2 Å². The average Bonchev–Trinajstić information content (AvgIpc) is 2.57.